The van der Waals surface area contributed by atoms with Gasteiger partial charge in [-0.15, -0.1) is 0 Å². The molecule has 182 valence electrons. The van der Waals surface area contributed by atoms with Crippen molar-refractivity contribution >= 4 is 0 Å². The van der Waals surface area contributed by atoms with E-state index in [1.165, 1.54) is 19.3 Å². The van der Waals surface area contributed by atoms with Crippen LogP contribution in [-0.4, -0.2) is 52.1 Å². The molecule has 5 heteroatoms. The molecule has 0 aromatic carbocycles. The second kappa shape index (κ2) is 7.16. The van der Waals surface area contributed by atoms with Crippen molar-refractivity contribution < 1.29 is 24.8 Å². The smallest absolute Gasteiger partial charge is 0.171 e. The third-order valence-electron chi connectivity index (χ3n) is 12.0. The van der Waals surface area contributed by atoms with Gasteiger partial charge in [0.15, 0.2) is 5.79 Å². The van der Waals surface area contributed by atoms with E-state index in [4.69, 9.17) is 9.47 Å². The van der Waals surface area contributed by atoms with Crippen LogP contribution in [0.25, 0.3) is 0 Å². The number of aliphatic hydroxyl groups is 3. The van der Waals surface area contributed by atoms with E-state index in [9.17, 15) is 15.3 Å². The number of hydrogen-bond donors (Lipinski definition) is 3. The van der Waals surface area contributed by atoms with Gasteiger partial charge in [0, 0.05) is 12.3 Å². The van der Waals surface area contributed by atoms with Crippen molar-refractivity contribution in [1.29, 1.82) is 0 Å². The Labute approximate surface area is 193 Å². The molecular formula is C27H44O5. The topological polar surface area (TPSA) is 79.2 Å². The molecule has 2 heterocycles. The van der Waals surface area contributed by atoms with Gasteiger partial charge in [0.2, 0.25) is 0 Å². The first-order chi connectivity index (χ1) is 15.1. The van der Waals surface area contributed by atoms with E-state index in [-0.39, 0.29) is 34.7 Å². The largest absolute Gasteiger partial charge is 0.393 e. The summed E-state index contributed by atoms with van der Waals surface area (Å²) in [4.78, 5) is 0. The molecule has 32 heavy (non-hydrogen) atoms. The fraction of sp³-hybridized carbons (Fsp3) is 1.00. The number of hydrogen-bond acceptors (Lipinski definition) is 5. The third kappa shape index (κ3) is 2.81. The molecule has 4 saturated carbocycles. The lowest BCUT2D eigenvalue weighted by Crippen LogP contribution is -2.61. The summed E-state index contributed by atoms with van der Waals surface area (Å²) in [5, 5.41) is 32.1. The van der Waals surface area contributed by atoms with Gasteiger partial charge in [-0.2, -0.15) is 0 Å². The van der Waals surface area contributed by atoms with Crippen molar-refractivity contribution in [3.8, 4) is 0 Å². The van der Waals surface area contributed by atoms with E-state index in [0.29, 0.717) is 48.3 Å². The van der Waals surface area contributed by atoms with Gasteiger partial charge in [0.25, 0.3) is 0 Å². The number of rotatable bonds is 0. The van der Waals surface area contributed by atoms with Crippen LogP contribution >= 0.6 is 0 Å². The highest BCUT2D eigenvalue weighted by Crippen LogP contribution is 2.71. The summed E-state index contributed by atoms with van der Waals surface area (Å²) in [5.41, 5.74) is 0.146. The molecule has 6 fully saturated rings. The molecule has 0 aromatic rings. The molecule has 0 radical (unpaired) electrons. The zero-order valence-corrected chi connectivity index (χ0v) is 20.4. The second-order valence-electron chi connectivity index (χ2n) is 13.4. The Balaban J connectivity index is 1.28. The Bertz CT molecular complexity index is 748. The average Bonchev–Trinajstić information content (AvgIpc) is 3.18. The van der Waals surface area contributed by atoms with Gasteiger partial charge in [-0.3, -0.25) is 0 Å². The van der Waals surface area contributed by atoms with E-state index in [1.807, 2.05) is 0 Å². The summed E-state index contributed by atoms with van der Waals surface area (Å²) >= 11 is 0. The molecule has 14 atom stereocenters. The molecule has 5 nitrogen and oxygen atoms in total. The summed E-state index contributed by atoms with van der Waals surface area (Å²) in [6, 6.07) is 0. The van der Waals surface area contributed by atoms with E-state index < -0.39 is 12.2 Å². The predicted molar refractivity (Wildman–Crippen MR) is 121 cm³/mol. The maximum absolute atomic E-state index is 11.3. The quantitative estimate of drug-likeness (QED) is 0.526. The molecule has 5 unspecified atom stereocenters. The number of fused-ring (bicyclic) bond motifs is 7. The van der Waals surface area contributed by atoms with Gasteiger partial charge in [-0.05, 0) is 91.3 Å². The van der Waals surface area contributed by atoms with Gasteiger partial charge in [0.1, 0.15) is 0 Å². The summed E-state index contributed by atoms with van der Waals surface area (Å²) < 4.78 is 13.3. The molecule has 2 aliphatic heterocycles. The van der Waals surface area contributed by atoms with Crippen LogP contribution in [0.15, 0.2) is 0 Å². The van der Waals surface area contributed by atoms with Gasteiger partial charge < -0.3 is 24.8 Å². The van der Waals surface area contributed by atoms with Gasteiger partial charge in [-0.25, -0.2) is 0 Å². The lowest BCUT2D eigenvalue weighted by molar-refractivity contribution is -0.273. The second-order valence-corrected chi connectivity index (χ2v) is 13.4. The highest BCUT2D eigenvalue weighted by Gasteiger charge is 2.70. The van der Waals surface area contributed by atoms with Crippen molar-refractivity contribution in [3.63, 3.8) is 0 Å². The Kier molecular flexibility index (Phi) is 4.99. The standard InChI is InChI=1S/C27H44O5/c1-14-5-8-27(31-13-14)15(2)24-23(32-27)11-18-16-9-20(28)19-10-21(29)22(30)12-26(19,4)17(16)6-7-25(18,24)3/h14-24,28-30H,5-13H2,1-4H3/t14-,15+,16?,17?,18?,19-,20-,21-,22-,23?,24?,25+,26-,27-/m1/s1. The predicted octanol–water partition coefficient (Wildman–Crippen LogP) is 3.74. The molecule has 6 rings (SSSR count). The fourth-order valence-corrected chi connectivity index (χ4v) is 10.3. The minimum absolute atomic E-state index is 0.0870. The van der Waals surface area contributed by atoms with E-state index in [0.717, 1.165) is 25.9 Å². The summed E-state index contributed by atoms with van der Waals surface area (Å²) in [6.45, 7) is 10.3. The molecule has 2 saturated heterocycles. The molecule has 0 amide bonds. The Morgan fingerprint density at radius 1 is 0.781 bits per heavy atom. The van der Waals surface area contributed by atoms with E-state index >= 15 is 0 Å². The minimum atomic E-state index is -0.692. The first-order valence-electron chi connectivity index (χ1n) is 13.4. The maximum atomic E-state index is 11.3. The maximum Gasteiger partial charge on any atom is 0.171 e. The minimum Gasteiger partial charge on any atom is -0.393 e. The Hall–Kier alpha value is -0.200. The van der Waals surface area contributed by atoms with Crippen LogP contribution in [-0.2, 0) is 9.47 Å². The Morgan fingerprint density at radius 2 is 1.56 bits per heavy atom. The zero-order valence-electron chi connectivity index (χ0n) is 20.4. The molecule has 6 aliphatic rings. The summed E-state index contributed by atoms with van der Waals surface area (Å²) in [6.07, 6.45) is 6.22. The third-order valence-corrected chi connectivity index (χ3v) is 12.0. The average molecular weight is 449 g/mol. The van der Waals surface area contributed by atoms with Crippen molar-refractivity contribution in [3.05, 3.63) is 0 Å². The van der Waals surface area contributed by atoms with Crippen LogP contribution in [0.3, 0.4) is 0 Å². The molecule has 1 spiro atoms. The summed E-state index contributed by atoms with van der Waals surface area (Å²) in [7, 11) is 0. The van der Waals surface area contributed by atoms with Crippen LogP contribution in [0.4, 0.5) is 0 Å². The fourth-order valence-electron chi connectivity index (χ4n) is 10.3. The monoisotopic (exact) mass is 448 g/mol. The lowest BCUT2D eigenvalue weighted by atomic mass is 9.43. The normalized spacial score (nSPS) is 64.0. The lowest BCUT2D eigenvalue weighted by Gasteiger charge is -2.62. The van der Waals surface area contributed by atoms with Crippen molar-refractivity contribution in [2.75, 3.05) is 6.61 Å². The van der Waals surface area contributed by atoms with Crippen LogP contribution in [0, 0.1) is 52.3 Å². The van der Waals surface area contributed by atoms with Gasteiger partial charge >= 0.3 is 0 Å². The van der Waals surface area contributed by atoms with Gasteiger partial charge in [0.05, 0.1) is 31.0 Å². The van der Waals surface area contributed by atoms with Gasteiger partial charge in [-0.1, -0.05) is 27.7 Å². The Morgan fingerprint density at radius 3 is 2.28 bits per heavy atom. The van der Waals surface area contributed by atoms with Crippen molar-refractivity contribution in [2.45, 2.75) is 109 Å². The molecule has 4 aliphatic carbocycles. The zero-order chi connectivity index (χ0) is 22.6. The molecular weight excluding hydrogens is 404 g/mol. The highest BCUT2D eigenvalue weighted by molar-refractivity contribution is 5.16. The number of aliphatic hydroxyl groups excluding tert-OH is 3. The molecule has 0 aromatic heterocycles. The first-order valence-corrected chi connectivity index (χ1v) is 13.4. The van der Waals surface area contributed by atoms with Crippen LogP contribution < -0.4 is 0 Å². The van der Waals surface area contributed by atoms with Crippen molar-refractivity contribution in [1.82, 2.24) is 0 Å². The highest BCUT2D eigenvalue weighted by atomic mass is 16.7. The van der Waals surface area contributed by atoms with Crippen LogP contribution in [0.1, 0.15) is 79.1 Å². The van der Waals surface area contributed by atoms with Crippen LogP contribution in [0.2, 0.25) is 0 Å². The summed E-state index contributed by atoms with van der Waals surface area (Å²) in [5.74, 6) is 2.86. The SMILES string of the molecule is C[C@@H]1CC[C@@]2(OC1)OC1CC3C4C[C@@H](O)[C@H]5C[C@@H](O)[C@H](O)C[C@]5(C)C4CC[C@]3(C)C1[C@@H]2C. The van der Waals surface area contributed by atoms with Crippen molar-refractivity contribution in [2.24, 2.45) is 52.3 Å². The first kappa shape index (κ1) is 22.3. The van der Waals surface area contributed by atoms with E-state index in [2.05, 4.69) is 27.7 Å². The van der Waals surface area contributed by atoms with Crippen LogP contribution in [0.5, 0.6) is 0 Å². The van der Waals surface area contributed by atoms with E-state index in [1.54, 1.807) is 0 Å². The molecule has 3 N–H and O–H groups in total. The molecule has 0 bridgehead atoms. The number of ether oxygens (including phenoxy) is 2.